The van der Waals surface area contributed by atoms with E-state index in [0.29, 0.717) is 13.0 Å². The maximum absolute atomic E-state index is 11.5. The van der Waals surface area contributed by atoms with Crippen LogP contribution in [0, 0.1) is 0 Å². The number of benzene rings is 1. The van der Waals surface area contributed by atoms with E-state index < -0.39 is 6.04 Å². The molecule has 0 fully saturated rings. The van der Waals surface area contributed by atoms with Crippen LogP contribution in [0.2, 0.25) is 0 Å². The lowest BCUT2D eigenvalue weighted by atomic mass is 10.2. The number of carbonyl (C=O) groups is 1. The Balaban J connectivity index is 2.04. The standard InChI is InChI=1S/C14H16N2O2S/c1-2-18-14(17)12(15)8-11-9-19-13(16-11)10-6-4-3-5-7-10/h3-7,9,12H,2,8,15H2,1H3. The van der Waals surface area contributed by atoms with E-state index in [4.69, 9.17) is 10.5 Å². The van der Waals surface area contributed by atoms with Gasteiger partial charge in [-0.05, 0) is 6.92 Å². The van der Waals surface area contributed by atoms with Crippen LogP contribution in [0.15, 0.2) is 35.7 Å². The predicted molar refractivity (Wildman–Crippen MR) is 75.9 cm³/mol. The van der Waals surface area contributed by atoms with E-state index in [1.54, 1.807) is 18.3 Å². The molecule has 0 saturated heterocycles. The van der Waals surface area contributed by atoms with Crippen LogP contribution in [0.5, 0.6) is 0 Å². The van der Waals surface area contributed by atoms with E-state index in [-0.39, 0.29) is 5.97 Å². The molecule has 19 heavy (non-hydrogen) atoms. The molecule has 2 rings (SSSR count). The minimum atomic E-state index is -0.648. The van der Waals surface area contributed by atoms with E-state index in [1.165, 1.54) is 0 Å². The summed E-state index contributed by atoms with van der Waals surface area (Å²) in [4.78, 5) is 15.9. The fourth-order valence-corrected chi connectivity index (χ4v) is 2.51. The zero-order chi connectivity index (χ0) is 13.7. The Bertz CT molecular complexity index is 539. The molecule has 0 amide bonds. The average Bonchev–Trinajstić information content (AvgIpc) is 2.88. The van der Waals surface area contributed by atoms with Crippen molar-refractivity contribution in [2.24, 2.45) is 5.73 Å². The Labute approximate surface area is 116 Å². The molecule has 1 aromatic carbocycles. The van der Waals surface area contributed by atoms with E-state index in [1.807, 2.05) is 35.7 Å². The van der Waals surface area contributed by atoms with Crippen LogP contribution in [0.25, 0.3) is 10.6 Å². The number of rotatable bonds is 5. The predicted octanol–water partition coefficient (Wildman–Crippen LogP) is 2.24. The molecule has 0 aliphatic carbocycles. The summed E-state index contributed by atoms with van der Waals surface area (Å²) in [7, 11) is 0. The Morgan fingerprint density at radius 2 is 2.16 bits per heavy atom. The summed E-state index contributed by atoms with van der Waals surface area (Å²) in [5, 5.41) is 2.87. The third kappa shape index (κ3) is 3.62. The Morgan fingerprint density at radius 3 is 2.84 bits per heavy atom. The number of nitrogens with two attached hydrogens (primary N) is 1. The third-order valence-corrected chi connectivity index (χ3v) is 3.53. The molecule has 2 aromatic rings. The zero-order valence-electron chi connectivity index (χ0n) is 10.7. The second-order valence-corrected chi connectivity index (χ2v) is 4.93. The van der Waals surface area contributed by atoms with Gasteiger partial charge in [0, 0.05) is 17.4 Å². The number of esters is 1. The highest BCUT2D eigenvalue weighted by molar-refractivity contribution is 7.13. The highest BCUT2D eigenvalue weighted by Crippen LogP contribution is 2.23. The molecule has 100 valence electrons. The van der Waals surface area contributed by atoms with Crippen molar-refractivity contribution in [3.05, 3.63) is 41.4 Å². The zero-order valence-corrected chi connectivity index (χ0v) is 11.5. The van der Waals surface area contributed by atoms with Gasteiger partial charge >= 0.3 is 5.97 Å². The van der Waals surface area contributed by atoms with Crippen molar-refractivity contribution >= 4 is 17.3 Å². The van der Waals surface area contributed by atoms with Gasteiger partial charge in [-0.25, -0.2) is 4.98 Å². The molecule has 4 nitrogen and oxygen atoms in total. The van der Waals surface area contributed by atoms with E-state index in [0.717, 1.165) is 16.3 Å². The van der Waals surface area contributed by atoms with Crippen LogP contribution in [0.4, 0.5) is 0 Å². The van der Waals surface area contributed by atoms with Crippen LogP contribution < -0.4 is 5.73 Å². The van der Waals surface area contributed by atoms with Crippen molar-refractivity contribution < 1.29 is 9.53 Å². The highest BCUT2D eigenvalue weighted by Gasteiger charge is 2.17. The van der Waals surface area contributed by atoms with Crippen LogP contribution in [-0.4, -0.2) is 23.6 Å². The normalized spacial score (nSPS) is 12.1. The second-order valence-electron chi connectivity index (χ2n) is 4.07. The molecule has 2 N–H and O–H groups in total. The molecule has 1 unspecified atom stereocenters. The van der Waals surface area contributed by atoms with Gasteiger partial charge in [0.1, 0.15) is 11.0 Å². The molecule has 0 saturated carbocycles. The first-order valence-electron chi connectivity index (χ1n) is 6.12. The first kappa shape index (κ1) is 13.7. The first-order chi connectivity index (χ1) is 9.20. The summed E-state index contributed by atoms with van der Waals surface area (Å²) >= 11 is 1.55. The summed E-state index contributed by atoms with van der Waals surface area (Å²) in [5.41, 5.74) is 7.67. The second kappa shape index (κ2) is 6.45. The summed E-state index contributed by atoms with van der Waals surface area (Å²) in [6, 6.07) is 9.28. The van der Waals surface area contributed by atoms with Crippen molar-refractivity contribution in [1.82, 2.24) is 4.98 Å². The maximum Gasteiger partial charge on any atom is 0.323 e. The van der Waals surface area contributed by atoms with Crippen molar-refractivity contribution in [3.8, 4) is 10.6 Å². The van der Waals surface area contributed by atoms with E-state index >= 15 is 0 Å². The summed E-state index contributed by atoms with van der Waals surface area (Å²) in [5.74, 6) is -0.378. The number of carbonyl (C=O) groups excluding carboxylic acids is 1. The molecule has 0 aliphatic heterocycles. The molecule has 5 heteroatoms. The minimum Gasteiger partial charge on any atom is -0.465 e. The van der Waals surface area contributed by atoms with Gasteiger partial charge in [-0.1, -0.05) is 30.3 Å². The first-order valence-corrected chi connectivity index (χ1v) is 7.00. The van der Waals surface area contributed by atoms with Crippen LogP contribution >= 0.6 is 11.3 Å². The topological polar surface area (TPSA) is 65.2 Å². The molecular formula is C14H16N2O2S. The molecule has 0 bridgehead atoms. The molecular weight excluding hydrogens is 260 g/mol. The number of hydrogen-bond acceptors (Lipinski definition) is 5. The largest absolute Gasteiger partial charge is 0.465 e. The van der Waals surface area contributed by atoms with Crippen molar-refractivity contribution in [1.29, 1.82) is 0 Å². The van der Waals surface area contributed by atoms with Gasteiger partial charge in [0.2, 0.25) is 0 Å². The minimum absolute atomic E-state index is 0.346. The monoisotopic (exact) mass is 276 g/mol. The van der Waals surface area contributed by atoms with E-state index in [9.17, 15) is 4.79 Å². The fraction of sp³-hybridized carbons (Fsp3) is 0.286. The van der Waals surface area contributed by atoms with Gasteiger partial charge in [-0.15, -0.1) is 11.3 Å². The lowest BCUT2D eigenvalue weighted by Gasteiger charge is -2.08. The molecule has 0 spiro atoms. The molecule has 1 aromatic heterocycles. The van der Waals surface area contributed by atoms with Gasteiger partial charge in [0.25, 0.3) is 0 Å². The van der Waals surface area contributed by atoms with Crippen LogP contribution in [-0.2, 0) is 16.0 Å². The smallest absolute Gasteiger partial charge is 0.323 e. The molecule has 1 atom stereocenters. The van der Waals surface area contributed by atoms with Gasteiger partial charge in [-0.3, -0.25) is 4.79 Å². The number of aromatic nitrogens is 1. The van der Waals surface area contributed by atoms with Crippen molar-refractivity contribution in [3.63, 3.8) is 0 Å². The van der Waals surface area contributed by atoms with Crippen molar-refractivity contribution in [2.45, 2.75) is 19.4 Å². The average molecular weight is 276 g/mol. The summed E-state index contributed by atoms with van der Waals surface area (Å²) in [6.07, 6.45) is 0.405. The number of nitrogens with zero attached hydrogens (tertiary/aromatic N) is 1. The van der Waals surface area contributed by atoms with Crippen molar-refractivity contribution in [2.75, 3.05) is 6.61 Å². The van der Waals surface area contributed by atoms with Gasteiger partial charge < -0.3 is 10.5 Å². The Morgan fingerprint density at radius 1 is 1.42 bits per heavy atom. The Hall–Kier alpha value is -1.72. The lowest BCUT2D eigenvalue weighted by molar-refractivity contribution is -0.144. The summed E-state index contributed by atoms with van der Waals surface area (Å²) in [6.45, 7) is 2.11. The summed E-state index contributed by atoms with van der Waals surface area (Å²) < 4.78 is 4.88. The van der Waals surface area contributed by atoms with Gasteiger partial charge in [-0.2, -0.15) is 0 Å². The molecule has 0 aliphatic rings. The third-order valence-electron chi connectivity index (χ3n) is 2.59. The fourth-order valence-electron chi connectivity index (χ4n) is 1.67. The van der Waals surface area contributed by atoms with E-state index in [2.05, 4.69) is 4.98 Å². The van der Waals surface area contributed by atoms with Crippen LogP contribution in [0.3, 0.4) is 0 Å². The Kier molecular flexibility index (Phi) is 4.65. The van der Waals surface area contributed by atoms with Gasteiger partial charge in [0.15, 0.2) is 0 Å². The van der Waals surface area contributed by atoms with Crippen LogP contribution in [0.1, 0.15) is 12.6 Å². The quantitative estimate of drug-likeness (QED) is 0.851. The molecule has 0 radical (unpaired) electrons. The lowest BCUT2D eigenvalue weighted by Crippen LogP contribution is -2.34. The number of hydrogen-bond donors (Lipinski definition) is 1. The highest BCUT2D eigenvalue weighted by atomic mass is 32.1. The maximum atomic E-state index is 11.5. The number of ether oxygens (including phenoxy) is 1. The SMILES string of the molecule is CCOC(=O)C(N)Cc1csc(-c2ccccc2)n1. The van der Waals surface area contributed by atoms with Gasteiger partial charge in [0.05, 0.1) is 12.3 Å². The number of thiazole rings is 1. The molecule has 1 heterocycles.